The van der Waals surface area contributed by atoms with Crippen molar-refractivity contribution in [2.45, 2.75) is 6.42 Å². The Kier molecular flexibility index (Phi) is 4.91. The van der Waals surface area contributed by atoms with E-state index in [0.29, 0.717) is 5.56 Å². The minimum Gasteiger partial charge on any atom is -0.507 e. The number of aromatic hydroxyl groups is 1. The average molecular weight is 383 g/mol. The molecule has 3 aromatic carbocycles. The molecule has 2 N–H and O–H groups in total. The van der Waals surface area contributed by atoms with Gasteiger partial charge >= 0.3 is 0 Å². The van der Waals surface area contributed by atoms with Crippen LogP contribution in [0.2, 0.25) is 0 Å². The highest BCUT2D eigenvalue weighted by Gasteiger charge is 2.08. The molecule has 4 nitrogen and oxygen atoms in total. The van der Waals surface area contributed by atoms with Crippen molar-refractivity contribution in [3.8, 4) is 5.75 Å². The molecule has 24 heavy (non-hydrogen) atoms. The number of phenolic OH excluding ortho intramolecular Hbond substituents is 1. The van der Waals surface area contributed by atoms with Crippen LogP contribution in [0.15, 0.2) is 70.2 Å². The smallest absolute Gasteiger partial charge is 0.244 e. The summed E-state index contributed by atoms with van der Waals surface area (Å²) in [4.78, 5) is 12.1. The number of rotatable bonds is 4. The number of fused-ring (bicyclic) bond motifs is 1. The molecule has 0 aliphatic rings. The minimum atomic E-state index is -0.214. The van der Waals surface area contributed by atoms with Gasteiger partial charge in [-0.2, -0.15) is 5.10 Å². The van der Waals surface area contributed by atoms with E-state index in [1.54, 1.807) is 24.3 Å². The molecule has 1 amide bonds. The molecule has 0 spiro atoms. The zero-order valence-corrected chi connectivity index (χ0v) is 14.3. The van der Waals surface area contributed by atoms with Crippen LogP contribution < -0.4 is 5.43 Å². The number of carbonyl (C=O) groups is 1. The maximum atomic E-state index is 12.1. The summed E-state index contributed by atoms with van der Waals surface area (Å²) in [5.41, 5.74) is 3.98. The fourth-order valence-corrected chi connectivity index (χ4v) is 2.94. The first-order valence-corrected chi connectivity index (χ1v) is 8.20. The quantitative estimate of drug-likeness (QED) is 0.529. The van der Waals surface area contributed by atoms with Gasteiger partial charge in [-0.05, 0) is 34.5 Å². The Labute approximate surface area is 148 Å². The number of hydrogen-bond acceptors (Lipinski definition) is 3. The summed E-state index contributed by atoms with van der Waals surface area (Å²) in [5.74, 6) is -0.0939. The van der Waals surface area contributed by atoms with E-state index in [-0.39, 0.29) is 18.1 Å². The van der Waals surface area contributed by atoms with Gasteiger partial charge in [0, 0.05) is 10.0 Å². The Morgan fingerprint density at radius 1 is 1.04 bits per heavy atom. The molecular formula is C19H15BrN2O2. The summed E-state index contributed by atoms with van der Waals surface area (Å²) >= 11 is 3.52. The molecule has 3 rings (SSSR count). The molecule has 0 heterocycles. The van der Waals surface area contributed by atoms with Gasteiger partial charge in [-0.1, -0.05) is 58.4 Å². The van der Waals surface area contributed by atoms with Crippen molar-refractivity contribution in [1.82, 2.24) is 5.43 Å². The Hall–Kier alpha value is -2.66. The maximum absolute atomic E-state index is 12.1. The summed E-state index contributed by atoms with van der Waals surface area (Å²) in [6, 6.07) is 18.6. The highest BCUT2D eigenvalue weighted by molar-refractivity contribution is 9.10. The van der Waals surface area contributed by atoms with E-state index in [4.69, 9.17) is 0 Å². The first-order chi connectivity index (χ1) is 11.6. The van der Waals surface area contributed by atoms with Gasteiger partial charge in [0.2, 0.25) is 5.91 Å². The molecule has 0 saturated heterocycles. The molecule has 0 aromatic heterocycles. The molecule has 3 aromatic rings. The van der Waals surface area contributed by atoms with Gasteiger partial charge < -0.3 is 5.11 Å². The molecule has 0 aliphatic carbocycles. The molecule has 120 valence electrons. The van der Waals surface area contributed by atoms with Crippen molar-refractivity contribution in [3.63, 3.8) is 0 Å². The van der Waals surface area contributed by atoms with E-state index < -0.39 is 0 Å². The van der Waals surface area contributed by atoms with E-state index in [0.717, 1.165) is 20.8 Å². The molecule has 0 atom stereocenters. The van der Waals surface area contributed by atoms with Crippen molar-refractivity contribution in [3.05, 3.63) is 76.3 Å². The highest BCUT2D eigenvalue weighted by atomic mass is 79.9. The Morgan fingerprint density at radius 2 is 1.75 bits per heavy atom. The fraction of sp³-hybridized carbons (Fsp3) is 0.0526. The first-order valence-electron chi connectivity index (χ1n) is 7.41. The maximum Gasteiger partial charge on any atom is 0.244 e. The lowest BCUT2D eigenvalue weighted by molar-refractivity contribution is -0.120. The van der Waals surface area contributed by atoms with Crippen LogP contribution >= 0.6 is 15.9 Å². The summed E-state index contributed by atoms with van der Waals surface area (Å²) < 4.78 is 1.000. The normalized spacial score (nSPS) is 11.0. The number of phenols is 1. The standard InChI is InChI=1S/C19H15BrN2O2/c20-17-10-9-13(15-6-2-3-7-16(15)17)11-19(24)22-21-12-14-5-1-4-8-18(14)23/h1-10,12,23H,11H2,(H,22,24)/b21-12-. The lowest BCUT2D eigenvalue weighted by Gasteiger charge is -2.07. The number of hydrazone groups is 1. The molecule has 0 fully saturated rings. The van der Waals surface area contributed by atoms with Gasteiger partial charge in [0.1, 0.15) is 5.75 Å². The van der Waals surface area contributed by atoms with Crippen LogP contribution in [0.5, 0.6) is 5.75 Å². The second-order valence-corrected chi connectivity index (χ2v) is 6.14. The first kappa shape index (κ1) is 16.2. The molecule has 0 radical (unpaired) electrons. The van der Waals surface area contributed by atoms with Crippen LogP contribution in [-0.2, 0) is 11.2 Å². The van der Waals surface area contributed by atoms with Crippen molar-refractivity contribution < 1.29 is 9.90 Å². The van der Waals surface area contributed by atoms with Crippen LogP contribution in [0.3, 0.4) is 0 Å². The van der Waals surface area contributed by atoms with Crippen molar-refractivity contribution in [2.24, 2.45) is 5.10 Å². The van der Waals surface area contributed by atoms with Crippen molar-refractivity contribution in [1.29, 1.82) is 0 Å². The number of benzene rings is 3. The van der Waals surface area contributed by atoms with Gasteiger partial charge in [-0.25, -0.2) is 5.43 Å². The van der Waals surface area contributed by atoms with Gasteiger partial charge in [0.15, 0.2) is 0 Å². The number of nitrogens with one attached hydrogen (secondary N) is 1. The largest absolute Gasteiger partial charge is 0.507 e. The highest BCUT2D eigenvalue weighted by Crippen LogP contribution is 2.27. The zero-order chi connectivity index (χ0) is 16.9. The summed E-state index contributed by atoms with van der Waals surface area (Å²) in [7, 11) is 0. The molecule has 5 heteroatoms. The topological polar surface area (TPSA) is 61.7 Å². The lowest BCUT2D eigenvalue weighted by Crippen LogP contribution is -2.19. The summed E-state index contributed by atoms with van der Waals surface area (Å²) in [6.07, 6.45) is 1.65. The Bertz CT molecular complexity index is 922. The van der Waals surface area contributed by atoms with Crippen LogP contribution in [0.4, 0.5) is 0 Å². The van der Waals surface area contributed by atoms with Crippen LogP contribution in [-0.4, -0.2) is 17.2 Å². The third-order valence-corrected chi connectivity index (χ3v) is 4.33. The van der Waals surface area contributed by atoms with E-state index in [2.05, 4.69) is 26.5 Å². The van der Waals surface area contributed by atoms with Crippen molar-refractivity contribution in [2.75, 3.05) is 0 Å². The number of amides is 1. The number of para-hydroxylation sites is 1. The predicted octanol–water partition coefficient (Wildman–Crippen LogP) is 4.00. The zero-order valence-electron chi connectivity index (χ0n) is 12.7. The van der Waals surface area contributed by atoms with Crippen LogP contribution in [0.25, 0.3) is 10.8 Å². The molecule has 0 unspecified atom stereocenters. The third kappa shape index (κ3) is 3.63. The molecule has 0 aliphatic heterocycles. The minimum absolute atomic E-state index is 0.120. The predicted molar refractivity (Wildman–Crippen MR) is 99.2 cm³/mol. The summed E-state index contributed by atoms with van der Waals surface area (Å²) in [5, 5.41) is 15.7. The molecular weight excluding hydrogens is 368 g/mol. The molecule has 0 bridgehead atoms. The average Bonchev–Trinajstić information content (AvgIpc) is 2.59. The van der Waals surface area contributed by atoms with Gasteiger partial charge in [-0.15, -0.1) is 0 Å². The second kappa shape index (κ2) is 7.27. The van der Waals surface area contributed by atoms with E-state index in [9.17, 15) is 9.90 Å². The number of hydrogen-bond donors (Lipinski definition) is 2. The number of halogens is 1. The van der Waals surface area contributed by atoms with Gasteiger partial charge in [-0.3, -0.25) is 4.79 Å². The number of nitrogens with zero attached hydrogens (tertiary/aromatic N) is 1. The van der Waals surface area contributed by atoms with E-state index >= 15 is 0 Å². The van der Waals surface area contributed by atoms with Crippen LogP contribution in [0.1, 0.15) is 11.1 Å². The Balaban J connectivity index is 1.72. The number of carbonyl (C=O) groups excluding carboxylic acids is 1. The lowest BCUT2D eigenvalue weighted by atomic mass is 10.0. The fourth-order valence-electron chi connectivity index (χ4n) is 2.46. The SMILES string of the molecule is O=C(Cc1ccc(Br)c2ccccc12)N/N=C\c1ccccc1O. The van der Waals surface area contributed by atoms with Crippen LogP contribution in [0, 0.1) is 0 Å². The van der Waals surface area contributed by atoms with Gasteiger partial charge in [0.25, 0.3) is 0 Å². The van der Waals surface area contributed by atoms with Crippen molar-refractivity contribution >= 4 is 38.8 Å². The van der Waals surface area contributed by atoms with E-state index in [1.807, 2.05) is 36.4 Å². The Morgan fingerprint density at radius 3 is 2.54 bits per heavy atom. The van der Waals surface area contributed by atoms with E-state index in [1.165, 1.54) is 6.21 Å². The second-order valence-electron chi connectivity index (χ2n) is 5.28. The summed E-state index contributed by atoms with van der Waals surface area (Å²) in [6.45, 7) is 0. The monoisotopic (exact) mass is 382 g/mol. The van der Waals surface area contributed by atoms with Gasteiger partial charge in [0.05, 0.1) is 12.6 Å². The molecule has 0 saturated carbocycles. The third-order valence-electron chi connectivity index (χ3n) is 3.64.